The number of H-pyrrole nitrogens is 1. The summed E-state index contributed by atoms with van der Waals surface area (Å²) in [5, 5.41) is 30.7. The zero-order valence-electron chi connectivity index (χ0n) is 18.4. The Kier molecular flexibility index (Phi) is 6.13. The van der Waals surface area contributed by atoms with Crippen molar-refractivity contribution in [2.24, 2.45) is 0 Å². The number of aromatic amines is 1. The molecule has 5 N–H and O–H groups in total. The minimum absolute atomic E-state index is 0.107. The van der Waals surface area contributed by atoms with Gasteiger partial charge >= 0.3 is 11.9 Å². The van der Waals surface area contributed by atoms with Crippen molar-refractivity contribution in [2.45, 2.75) is 26.2 Å². The van der Waals surface area contributed by atoms with E-state index >= 15 is 0 Å². The molecule has 0 aliphatic carbocycles. The van der Waals surface area contributed by atoms with Gasteiger partial charge in [0.2, 0.25) is 0 Å². The van der Waals surface area contributed by atoms with E-state index in [0.717, 1.165) is 17.7 Å². The average molecular weight is 467 g/mol. The van der Waals surface area contributed by atoms with E-state index in [-0.39, 0.29) is 16.7 Å². The van der Waals surface area contributed by atoms with Gasteiger partial charge in [0, 0.05) is 23.3 Å². The van der Waals surface area contributed by atoms with Gasteiger partial charge in [0.25, 0.3) is 11.2 Å². The smallest absolute Gasteiger partial charge is 0.342 e. The molecule has 0 unspecified atom stereocenters. The van der Waals surface area contributed by atoms with Gasteiger partial charge in [0.1, 0.15) is 28.4 Å². The lowest BCUT2D eigenvalue weighted by molar-refractivity contribution is -0.384. The number of aromatic carboxylic acids is 2. The Bertz CT molecular complexity index is 1370. The Morgan fingerprint density at radius 3 is 2.12 bits per heavy atom. The van der Waals surface area contributed by atoms with Crippen molar-refractivity contribution < 1.29 is 29.5 Å². The number of nitro benzene ring substituents is 1. The number of nitro groups is 1. The molecule has 0 bridgehead atoms. The Morgan fingerprint density at radius 1 is 1.03 bits per heavy atom. The summed E-state index contributed by atoms with van der Waals surface area (Å²) < 4.78 is 5.85. The number of non-ortho nitro benzene ring substituents is 1. The third-order valence-electron chi connectivity index (χ3n) is 5.06. The molecule has 0 amide bonds. The number of carboxylic acids is 2. The molecule has 0 fully saturated rings. The minimum Gasteiger partial charge on any atom is -0.478 e. The van der Waals surface area contributed by atoms with Crippen LogP contribution in [-0.2, 0) is 5.41 Å². The maximum absolute atomic E-state index is 12.4. The highest BCUT2D eigenvalue weighted by Gasteiger charge is 2.30. The third-order valence-corrected chi connectivity index (χ3v) is 5.06. The first kappa shape index (κ1) is 24.0. The summed E-state index contributed by atoms with van der Waals surface area (Å²) in [5.74, 6) is -3.80. The molecule has 2 aromatic carbocycles. The summed E-state index contributed by atoms with van der Waals surface area (Å²) in [7, 11) is 0. The largest absolute Gasteiger partial charge is 0.478 e. The van der Waals surface area contributed by atoms with Crippen molar-refractivity contribution in [3.05, 3.63) is 79.6 Å². The van der Waals surface area contributed by atoms with Gasteiger partial charge in [-0.3, -0.25) is 14.9 Å². The molecule has 0 saturated heterocycles. The lowest BCUT2D eigenvalue weighted by atomic mass is 9.87. The van der Waals surface area contributed by atoms with Gasteiger partial charge in [-0.1, -0.05) is 32.9 Å². The number of benzene rings is 2. The quantitative estimate of drug-likeness (QED) is 0.307. The summed E-state index contributed by atoms with van der Waals surface area (Å²) in [6, 6.07) is 10.2. The second-order valence-electron chi connectivity index (χ2n) is 8.42. The first-order valence-electron chi connectivity index (χ1n) is 9.90. The molecule has 11 nitrogen and oxygen atoms in total. The van der Waals surface area contributed by atoms with Gasteiger partial charge in [-0.25, -0.2) is 9.59 Å². The molecular weight excluding hydrogens is 446 g/mol. The molecule has 0 spiro atoms. The molecule has 3 aromatic rings. The first-order chi connectivity index (χ1) is 15.8. The number of anilines is 1. The summed E-state index contributed by atoms with van der Waals surface area (Å²) in [6.07, 6.45) is 0. The summed E-state index contributed by atoms with van der Waals surface area (Å²) in [5.41, 5.74) is 2.34. The molecule has 1 aromatic heterocycles. The lowest BCUT2D eigenvalue weighted by Gasteiger charge is -2.19. The van der Waals surface area contributed by atoms with Gasteiger partial charge in [-0.05, 0) is 29.2 Å². The average Bonchev–Trinajstić information content (AvgIpc) is 2.72. The molecule has 34 heavy (non-hydrogen) atoms. The number of nitrogen functional groups attached to an aromatic ring is 1. The van der Waals surface area contributed by atoms with Crippen molar-refractivity contribution in [1.82, 2.24) is 4.98 Å². The molecule has 0 aliphatic rings. The Balaban J connectivity index is 2.32. The van der Waals surface area contributed by atoms with Crippen LogP contribution in [0.2, 0.25) is 0 Å². The van der Waals surface area contributed by atoms with E-state index in [1.165, 1.54) is 6.07 Å². The highest BCUT2D eigenvalue weighted by Crippen LogP contribution is 2.40. The van der Waals surface area contributed by atoms with Crippen LogP contribution in [0.25, 0.3) is 11.1 Å². The van der Waals surface area contributed by atoms with Crippen molar-refractivity contribution >= 4 is 23.4 Å². The predicted molar refractivity (Wildman–Crippen MR) is 123 cm³/mol. The minimum atomic E-state index is -1.74. The van der Waals surface area contributed by atoms with Crippen molar-refractivity contribution in [1.29, 1.82) is 0 Å². The van der Waals surface area contributed by atoms with E-state index in [1.807, 2.05) is 37.9 Å². The molecule has 3 rings (SSSR count). The lowest BCUT2D eigenvalue weighted by Crippen LogP contribution is -2.24. The van der Waals surface area contributed by atoms with Crippen LogP contribution < -0.4 is 16.0 Å². The number of nitrogens with one attached hydrogen (secondary N) is 1. The number of nitrogens with two attached hydrogens (primary N) is 1. The number of rotatable bonds is 6. The second kappa shape index (κ2) is 8.70. The standard InChI is InChI=1S/C23H21N3O8/c1-23(2,3)11-4-7-13(8-5-11)34-15-9-6-12(26(32)33)10-14(15)16-17(21(28)29)19(24)25-20(27)18(16)22(30)31/h4-10H,1-3H3,(H,28,29)(H,30,31)(H3,24,25,27). The van der Waals surface area contributed by atoms with Gasteiger partial charge < -0.3 is 25.7 Å². The van der Waals surface area contributed by atoms with Crippen LogP contribution in [0.4, 0.5) is 11.5 Å². The van der Waals surface area contributed by atoms with Crippen molar-refractivity contribution in [3.63, 3.8) is 0 Å². The molecular formula is C23H21N3O8. The van der Waals surface area contributed by atoms with Gasteiger partial charge in [0.05, 0.1) is 4.92 Å². The van der Waals surface area contributed by atoms with Gasteiger partial charge in [-0.15, -0.1) is 0 Å². The van der Waals surface area contributed by atoms with E-state index in [1.54, 1.807) is 12.1 Å². The van der Waals surface area contributed by atoms with Crippen LogP contribution in [-0.4, -0.2) is 32.1 Å². The topological polar surface area (TPSA) is 186 Å². The number of aromatic nitrogens is 1. The molecule has 0 saturated carbocycles. The summed E-state index contributed by atoms with van der Waals surface area (Å²) in [6.45, 7) is 6.07. The monoisotopic (exact) mass is 467 g/mol. The Hall–Kier alpha value is -4.67. The Morgan fingerprint density at radius 2 is 1.62 bits per heavy atom. The fourth-order valence-corrected chi connectivity index (χ4v) is 3.38. The molecule has 1 heterocycles. The number of carbonyl (C=O) groups is 2. The number of hydrogen-bond donors (Lipinski definition) is 4. The van der Waals surface area contributed by atoms with Crippen molar-refractivity contribution in [3.8, 4) is 22.6 Å². The molecule has 0 atom stereocenters. The van der Waals surface area contributed by atoms with E-state index in [9.17, 15) is 34.7 Å². The van der Waals surface area contributed by atoms with E-state index in [4.69, 9.17) is 10.5 Å². The van der Waals surface area contributed by atoms with E-state index in [0.29, 0.717) is 5.75 Å². The third kappa shape index (κ3) is 4.58. The van der Waals surface area contributed by atoms with Crippen LogP contribution in [0.5, 0.6) is 11.5 Å². The number of pyridine rings is 1. The zero-order chi connectivity index (χ0) is 25.4. The summed E-state index contributed by atoms with van der Waals surface area (Å²) >= 11 is 0. The molecule has 11 heteroatoms. The number of ether oxygens (including phenoxy) is 1. The predicted octanol–water partition coefficient (Wildman–Crippen LogP) is 4.02. The van der Waals surface area contributed by atoms with Crippen LogP contribution in [0.1, 0.15) is 47.1 Å². The fourth-order valence-electron chi connectivity index (χ4n) is 3.38. The number of hydrogen-bond acceptors (Lipinski definition) is 7. The molecule has 176 valence electrons. The van der Waals surface area contributed by atoms with E-state index < -0.39 is 50.6 Å². The maximum atomic E-state index is 12.4. The zero-order valence-corrected chi connectivity index (χ0v) is 18.4. The second-order valence-corrected chi connectivity index (χ2v) is 8.42. The maximum Gasteiger partial charge on any atom is 0.342 e. The molecule has 0 aliphatic heterocycles. The van der Waals surface area contributed by atoms with Crippen LogP contribution in [0, 0.1) is 10.1 Å². The van der Waals surface area contributed by atoms with E-state index in [2.05, 4.69) is 0 Å². The highest BCUT2D eigenvalue weighted by atomic mass is 16.6. The fraction of sp³-hybridized carbons (Fsp3) is 0.174. The van der Waals surface area contributed by atoms with Crippen LogP contribution in [0.15, 0.2) is 47.3 Å². The number of carboxylic acid groups (broad SMARTS) is 2. The van der Waals surface area contributed by atoms with Crippen LogP contribution >= 0.6 is 0 Å². The Labute approximate surface area is 192 Å². The molecule has 0 radical (unpaired) electrons. The highest BCUT2D eigenvalue weighted by molar-refractivity contribution is 6.08. The van der Waals surface area contributed by atoms with Gasteiger partial charge in [-0.2, -0.15) is 0 Å². The normalized spacial score (nSPS) is 11.1. The SMILES string of the molecule is CC(C)(C)c1ccc(Oc2ccc([N+](=O)[O-])cc2-c2c(C(=O)O)c(N)[nH]c(=O)c2C(=O)O)cc1. The van der Waals surface area contributed by atoms with Crippen LogP contribution in [0.3, 0.4) is 0 Å². The van der Waals surface area contributed by atoms with Crippen molar-refractivity contribution in [2.75, 3.05) is 5.73 Å². The first-order valence-corrected chi connectivity index (χ1v) is 9.90. The number of nitrogens with zero attached hydrogens (tertiary/aromatic N) is 1. The summed E-state index contributed by atoms with van der Waals surface area (Å²) in [4.78, 5) is 48.9. The van der Waals surface area contributed by atoms with Gasteiger partial charge in [0.15, 0.2) is 0 Å².